The smallest absolute Gasteiger partial charge is 0.141 e. The first-order valence-corrected chi connectivity index (χ1v) is 6.16. The van der Waals surface area contributed by atoms with Crippen molar-refractivity contribution < 1.29 is 9.13 Å². The molecule has 1 fully saturated rings. The number of aromatic nitrogens is 1. The van der Waals surface area contributed by atoms with E-state index in [2.05, 4.69) is 15.2 Å². The van der Waals surface area contributed by atoms with Crippen molar-refractivity contribution in [2.45, 2.75) is 6.54 Å². The number of anilines is 1. The number of nitrogens with one attached hydrogen (secondary N) is 1. The van der Waals surface area contributed by atoms with Gasteiger partial charge >= 0.3 is 0 Å². The quantitative estimate of drug-likeness (QED) is 0.736. The van der Waals surface area contributed by atoms with Gasteiger partial charge in [-0.15, -0.1) is 0 Å². The number of nitrogens with zero attached hydrogens (tertiary/aromatic N) is 2. The average molecular weight is 254 g/mol. The summed E-state index contributed by atoms with van der Waals surface area (Å²) in [5, 5.41) is 3.25. The van der Waals surface area contributed by atoms with Gasteiger partial charge in [0.2, 0.25) is 0 Å². The first kappa shape index (κ1) is 13.2. The van der Waals surface area contributed by atoms with Gasteiger partial charge in [0.1, 0.15) is 11.6 Å². The summed E-state index contributed by atoms with van der Waals surface area (Å²) in [4.78, 5) is 6.12. The summed E-state index contributed by atoms with van der Waals surface area (Å²) in [6.45, 7) is 5.92. The predicted octanol–water partition coefficient (Wildman–Crippen LogP) is 0.225. The van der Waals surface area contributed by atoms with Gasteiger partial charge in [0, 0.05) is 38.3 Å². The molecule has 0 saturated carbocycles. The van der Waals surface area contributed by atoms with Gasteiger partial charge in [-0.3, -0.25) is 4.90 Å². The summed E-state index contributed by atoms with van der Waals surface area (Å²) < 4.78 is 18.3. The summed E-state index contributed by atoms with van der Waals surface area (Å²) in [5.74, 6) is 0.0319. The van der Waals surface area contributed by atoms with E-state index in [9.17, 15) is 4.39 Å². The lowest BCUT2D eigenvalue weighted by Gasteiger charge is -2.26. The van der Waals surface area contributed by atoms with E-state index in [4.69, 9.17) is 10.5 Å². The van der Waals surface area contributed by atoms with Gasteiger partial charge in [-0.2, -0.15) is 0 Å². The van der Waals surface area contributed by atoms with Gasteiger partial charge in [-0.1, -0.05) is 0 Å². The number of hydrogen-bond donors (Lipinski definition) is 2. The fourth-order valence-corrected chi connectivity index (χ4v) is 1.92. The summed E-state index contributed by atoms with van der Waals surface area (Å²) in [7, 11) is 0. The van der Waals surface area contributed by atoms with Crippen LogP contribution in [0.5, 0.6) is 0 Å². The topological polar surface area (TPSA) is 63.4 Å². The summed E-state index contributed by atoms with van der Waals surface area (Å²) in [6.07, 6.45) is 1.13. The molecule has 6 heteroatoms. The van der Waals surface area contributed by atoms with Gasteiger partial charge in [0.05, 0.1) is 19.4 Å². The second kappa shape index (κ2) is 6.63. The maximum atomic E-state index is 13.0. The molecule has 0 atom stereocenters. The number of nitrogens with two attached hydrogens (primary N) is 1. The second-order valence-corrected chi connectivity index (χ2v) is 4.33. The van der Waals surface area contributed by atoms with Gasteiger partial charge < -0.3 is 15.8 Å². The molecule has 0 spiro atoms. The van der Waals surface area contributed by atoms with Gasteiger partial charge in [-0.25, -0.2) is 9.37 Å². The molecule has 0 radical (unpaired) electrons. The standard InChI is InChI=1S/C12H19FN4O/c13-11-7-10(12(14)16-9-11)8-15-1-2-17-3-5-18-6-4-17/h7,9,15H,1-6,8H2,(H2,14,16). The normalized spacial score (nSPS) is 16.9. The summed E-state index contributed by atoms with van der Waals surface area (Å²) in [6, 6.07) is 1.42. The number of pyridine rings is 1. The molecular weight excluding hydrogens is 235 g/mol. The van der Waals surface area contributed by atoms with Crippen LogP contribution in [0, 0.1) is 5.82 Å². The van der Waals surface area contributed by atoms with Crippen LogP contribution in [0.3, 0.4) is 0 Å². The molecule has 0 amide bonds. The highest BCUT2D eigenvalue weighted by atomic mass is 19.1. The van der Waals surface area contributed by atoms with Crippen molar-refractivity contribution in [2.75, 3.05) is 45.1 Å². The average Bonchev–Trinajstić information content (AvgIpc) is 2.40. The predicted molar refractivity (Wildman–Crippen MR) is 67.6 cm³/mol. The number of hydrogen-bond acceptors (Lipinski definition) is 5. The lowest BCUT2D eigenvalue weighted by Crippen LogP contribution is -2.40. The Labute approximate surface area is 106 Å². The minimum Gasteiger partial charge on any atom is -0.383 e. The van der Waals surface area contributed by atoms with E-state index in [1.54, 1.807) is 0 Å². The Hall–Kier alpha value is -1.24. The third-order valence-electron chi connectivity index (χ3n) is 2.99. The van der Waals surface area contributed by atoms with Crippen LogP contribution in [0.25, 0.3) is 0 Å². The Bertz CT molecular complexity index is 382. The van der Waals surface area contributed by atoms with Crippen LogP contribution >= 0.6 is 0 Å². The Morgan fingerprint density at radius 2 is 2.22 bits per heavy atom. The molecule has 0 unspecified atom stereocenters. The van der Waals surface area contributed by atoms with Crippen LogP contribution in [0.2, 0.25) is 0 Å². The van der Waals surface area contributed by atoms with Crippen molar-refractivity contribution in [3.8, 4) is 0 Å². The zero-order valence-corrected chi connectivity index (χ0v) is 10.4. The van der Waals surface area contributed by atoms with Crippen LogP contribution in [-0.2, 0) is 11.3 Å². The lowest BCUT2D eigenvalue weighted by molar-refractivity contribution is 0.0384. The zero-order chi connectivity index (χ0) is 12.8. The summed E-state index contributed by atoms with van der Waals surface area (Å²) >= 11 is 0. The molecule has 5 nitrogen and oxygen atoms in total. The van der Waals surface area contributed by atoms with Gasteiger partial charge in [0.15, 0.2) is 0 Å². The van der Waals surface area contributed by atoms with Crippen LogP contribution in [0.4, 0.5) is 10.2 Å². The van der Waals surface area contributed by atoms with E-state index >= 15 is 0 Å². The van der Waals surface area contributed by atoms with Crippen molar-refractivity contribution in [1.82, 2.24) is 15.2 Å². The number of nitrogen functional groups attached to an aromatic ring is 1. The van der Waals surface area contributed by atoms with E-state index < -0.39 is 0 Å². The van der Waals surface area contributed by atoms with Crippen molar-refractivity contribution in [3.05, 3.63) is 23.6 Å². The van der Waals surface area contributed by atoms with Crippen molar-refractivity contribution >= 4 is 5.82 Å². The SMILES string of the molecule is Nc1ncc(F)cc1CNCCN1CCOCC1. The largest absolute Gasteiger partial charge is 0.383 e. The molecule has 1 aromatic heterocycles. The monoisotopic (exact) mass is 254 g/mol. The van der Waals surface area contributed by atoms with E-state index in [0.29, 0.717) is 17.9 Å². The molecule has 1 aliphatic rings. The second-order valence-electron chi connectivity index (χ2n) is 4.33. The Morgan fingerprint density at radius 3 is 3.00 bits per heavy atom. The fraction of sp³-hybridized carbons (Fsp3) is 0.583. The molecule has 1 aliphatic heterocycles. The number of halogens is 1. The van der Waals surface area contributed by atoms with Gasteiger partial charge in [0.25, 0.3) is 0 Å². The van der Waals surface area contributed by atoms with Crippen LogP contribution in [0.15, 0.2) is 12.3 Å². The minimum absolute atomic E-state index is 0.353. The number of ether oxygens (including phenoxy) is 1. The van der Waals surface area contributed by atoms with Crippen molar-refractivity contribution in [3.63, 3.8) is 0 Å². The zero-order valence-electron chi connectivity index (χ0n) is 10.4. The van der Waals surface area contributed by atoms with E-state index in [-0.39, 0.29) is 5.82 Å². The molecule has 2 rings (SSSR count). The van der Waals surface area contributed by atoms with Crippen LogP contribution in [0.1, 0.15) is 5.56 Å². The Kier molecular flexibility index (Phi) is 4.86. The van der Waals surface area contributed by atoms with Gasteiger partial charge in [-0.05, 0) is 6.07 Å². The highest BCUT2D eigenvalue weighted by molar-refractivity contribution is 5.38. The first-order chi connectivity index (χ1) is 8.75. The molecule has 1 saturated heterocycles. The number of morpholine rings is 1. The van der Waals surface area contributed by atoms with E-state index in [0.717, 1.165) is 45.6 Å². The fourth-order valence-electron chi connectivity index (χ4n) is 1.92. The maximum Gasteiger partial charge on any atom is 0.141 e. The highest BCUT2D eigenvalue weighted by Gasteiger charge is 2.09. The molecule has 3 N–H and O–H groups in total. The molecular formula is C12H19FN4O. The summed E-state index contributed by atoms with van der Waals surface area (Å²) in [5.41, 5.74) is 6.38. The van der Waals surface area contributed by atoms with Crippen molar-refractivity contribution in [2.24, 2.45) is 0 Å². The minimum atomic E-state index is -0.353. The molecule has 1 aromatic rings. The van der Waals surface area contributed by atoms with Crippen LogP contribution < -0.4 is 11.1 Å². The van der Waals surface area contributed by atoms with Crippen molar-refractivity contribution in [1.29, 1.82) is 0 Å². The first-order valence-electron chi connectivity index (χ1n) is 6.16. The molecule has 0 bridgehead atoms. The van der Waals surface area contributed by atoms with Crippen LogP contribution in [-0.4, -0.2) is 49.3 Å². The van der Waals surface area contributed by atoms with E-state index in [1.165, 1.54) is 6.07 Å². The molecule has 0 aliphatic carbocycles. The lowest BCUT2D eigenvalue weighted by atomic mass is 10.2. The third-order valence-corrected chi connectivity index (χ3v) is 2.99. The molecule has 18 heavy (non-hydrogen) atoms. The molecule has 100 valence electrons. The highest BCUT2D eigenvalue weighted by Crippen LogP contribution is 2.09. The Morgan fingerprint density at radius 1 is 1.44 bits per heavy atom. The van der Waals surface area contributed by atoms with E-state index in [1.807, 2.05) is 0 Å². The maximum absolute atomic E-state index is 13.0. The molecule has 2 heterocycles. The molecule has 0 aromatic carbocycles. The number of rotatable bonds is 5. The Balaban J connectivity index is 1.69. The third kappa shape index (κ3) is 3.90.